The summed E-state index contributed by atoms with van der Waals surface area (Å²) in [5, 5.41) is 6.10. The molecule has 7 heteroatoms. The highest BCUT2D eigenvalue weighted by Gasteiger charge is 2.13. The van der Waals surface area contributed by atoms with Crippen molar-refractivity contribution in [2.24, 2.45) is 0 Å². The molecule has 29 heavy (non-hydrogen) atoms. The number of aromatic nitrogens is 2. The van der Waals surface area contributed by atoms with Gasteiger partial charge in [-0.25, -0.2) is 9.97 Å². The highest BCUT2D eigenvalue weighted by atomic mass is 16.5. The second-order valence-corrected chi connectivity index (χ2v) is 6.49. The third-order valence-corrected chi connectivity index (χ3v) is 4.43. The lowest BCUT2D eigenvalue weighted by Gasteiger charge is -2.12. The second kappa shape index (κ2) is 9.05. The molecule has 0 saturated heterocycles. The molecule has 0 aliphatic heterocycles. The van der Waals surface area contributed by atoms with E-state index >= 15 is 0 Å². The highest BCUT2D eigenvalue weighted by molar-refractivity contribution is 6.03. The van der Waals surface area contributed by atoms with E-state index in [4.69, 9.17) is 9.47 Å². The fourth-order valence-electron chi connectivity index (χ4n) is 2.88. The van der Waals surface area contributed by atoms with Crippen LogP contribution in [0.5, 0.6) is 11.5 Å². The number of carbonyl (C=O) groups is 1. The lowest BCUT2D eigenvalue weighted by molar-refractivity contribution is 0.102. The molecule has 3 aromatic rings. The number of nitrogens with one attached hydrogen (secondary N) is 2. The van der Waals surface area contributed by atoms with Crippen LogP contribution in [0.1, 0.15) is 27.4 Å². The number of hydrogen-bond acceptors (Lipinski definition) is 6. The molecule has 0 radical (unpaired) electrons. The predicted molar refractivity (Wildman–Crippen MR) is 113 cm³/mol. The Hall–Kier alpha value is -3.61. The fraction of sp³-hybridized carbons (Fsp3) is 0.227. The van der Waals surface area contributed by atoms with Gasteiger partial charge in [-0.15, -0.1) is 0 Å². The Morgan fingerprint density at radius 1 is 0.966 bits per heavy atom. The number of ether oxygens (including phenoxy) is 2. The Labute approximate surface area is 170 Å². The summed E-state index contributed by atoms with van der Waals surface area (Å²) >= 11 is 0. The smallest absolute Gasteiger partial charge is 0.274 e. The average molecular weight is 392 g/mol. The van der Waals surface area contributed by atoms with Crippen molar-refractivity contribution < 1.29 is 14.3 Å². The Kier molecular flexibility index (Phi) is 6.29. The minimum absolute atomic E-state index is 0.277. The SMILES string of the molecule is COc1ccc(NC(=O)c2cc(NCc3ccccc3C)nc(C)n2)cc1OC. The van der Waals surface area contributed by atoms with Crippen LogP contribution in [0.25, 0.3) is 0 Å². The van der Waals surface area contributed by atoms with Gasteiger partial charge < -0.3 is 20.1 Å². The maximum Gasteiger partial charge on any atom is 0.274 e. The second-order valence-electron chi connectivity index (χ2n) is 6.49. The third-order valence-electron chi connectivity index (χ3n) is 4.43. The van der Waals surface area contributed by atoms with Crippen molar-refractivity contribution in [1.29, 1.82) is 0 Å². The van der Waals surface area contributed by atoms with Gasteiger partial charge in [0.05, 0.1) is 14.2 Å². The highest BCUT2D eigenvalue weighted by Crippen LogP contribution is 2.29. The number of carbonyl (C=O) groups excluding carboxylic acids is 1. The molecule has 0 unspecified atom stereocenters. The summed E-state index contributed by atoms with van der Waals surface area (Å²) in [7, 11) is 3.11. The van der Waals surface area contributed by atoms with Gasteiger partial charge in [0.15, 0.2) is 11.5 Å². The number of anilines is 2. The number of aryl methyl sites for hydroxylation is 2. The molecule has 2 N–H and O–H groups in total. The number of nitrogens with zero attached hydrogens (tertiary/aromatic N) is 2. The molecule has 150 valence electrons. The van der Waals surface area contributed by atoms with Crippen LogP contribution >= 0.6 is 0 Å². The van der Waals surface area contributed by atoms with Gasteiger partial charge in [-0.2, -0.15) is 0 Å². The van der Waals surface area contributed by atoms with E-state index in [1.54, 1.807) is 45.4 Å². The van der Waals surface area contributed by atoms with Gasteiger partial charge >= 0.3 is 0 Å². The van der Waals surface area contributed by atoms with E-state index in [9.17, 15) is 4.79 Å². The Balaban J connectivity index is 1.75. The molecule has 0 saturated carbocycles. The summed E-state index contributed by atoms with van der Waals surface area (Å²) in [5.41, 5.74) is 3.22. The summed E-state index contributed by atoms with van der Waals surface area (Å²) in [5.74, 6) is 1.90. The molecule has 0 spiro atoms. The average Bonchev–Trinajstić information content (AvgIpc) is 2.72. The first kappa shape index (κ1) is 20.1. The Morgan fingerprint density at radius 3 is 2.45 bits per heavy atom. The molecule has 7 nitrogen and oxygen atoms in total. The summed E-state index contributed by atoms with van der Waals surface area (Å²) in [6.45, 7) is 4.43. The molecular formula is C22H24N4O3. The van der Waals surface area contributed by atoms with Crippen molar-refractivity contribution in [2.75, 3.05) is 24.9 Å². The zero-order valence-electron chi connectivity index (χ0n) is 16.9. The van der Waals surface area contributed by atoms with E-state index in [0.717, 1.165) is 0 Å². The van der Waals surface area contributed by atoms with Crippen molar-refractivity contribution in [2.45, 2.75) is 20.4 Å². The normalized spacial score (nSPS) is 10.3. The predicted octanol–water partition coefficient (Wildman–Crippen LogP) is 3.98. The monoisotopic (exact) mass is 392 g/mol. The Bertz CT molecular complexity index is 1020. The van der Waals surface area contributed by atoms with Crippen LogP contribution in [-0.2, 0) is 6.54 Å². The van der Waals surface area contributed by atoms with Crippen molar-refractivity contribution in [3.05, 3.63) is 71.2 Å². The summed E-state index contributed by atoms with van der Waals surface area (Å²) in [4.78, 5) is 21.3. The molecular weight excluding hydrogens is 368 g/mol. The maximum atomic E-state index is 12.7. The molecule has 0 fully saturated rings. The standard InChI is InChI=1S/C22H24N4O3/c1-14-7-5-6-8-16(14)13-23-21-12-18(24-15(2)25-21)22(27)26-17-9-10-19(28-3)20(11-17)29-4/h5-12H,13H2,1-4H3,(H,26,27)(H,23,24,25). The van der Waals surface area contributed by atoms with Crippen molar-refractivity contribution in [1.82, 2.24) is 9.97 Å². The van der Waals surface area contributed by atoms with Gasteiger partial charge in [0.1, 0.15) is 17.3 Å². The van der Waals surface area contributed by atoms with E-state index in [1.807, 2.05) is 12.1 Å². The van der Waals surface area contributed by atoms with Crippen LogP contribution in [-0.4, -0.2) is 30.1 Å². The largest absolute Gasteiger partial charge is 0.493 e. The molecule has 0 aliphatic rings. The molecule has 0 atom stereocenters. The first-order valence-corrected chi connectivity index (χ1v) is 9.17. The topological polar surface area (TPSA) is 85.4 Å². The van der Waals surface area contributed by atoms with E-state index in [2.05, 4.69) is 39.7 Å². The van der Waals surface area contributed by atoms with Crippen LogP contribution in [0, 0.1) is 13.8 Å². The number of benzene rings is 2. The molecule has 2 aromatic carbocycles. The van der Waals surface area contributed by atoms with Gasteiger partial charge in [-0.1, -0.05) is 24.3 Å². The number of amides is 1. The van der Waals surface area contributed by atoms with Gasteiger partial charge in [0.25, 0.3) is 5.91 Å². The summed E-state index contributed by atoms with van der Waals surface area (Å²) in [6.07, 6.45) is 0. The molecule has 1 heterocycles. The van der Waals surface area contributed by atoms with Crippen LogP contribution in [0.2, 0.25) is 0 Å². The number of methoxy groups -OCH3 is 2. The summed E-state index contributed by atoms with van der Waals surface area (Å²) in [6, 6.07) is 14.9. The van der Waals surface area contributed by atoms with Crippen LogP contribution < -0.4 is 20.1 Å². The van der Waals surface area contributed by atoms with Gasteiger partial charge in [0, 0.05) is 24.4 Å². The van der Waals surface area contributed by atoms with E-state index in [-0.39, 0.29) is 11.6 Å². The van der Waals surface area contributed by atoms with E-state index in [1.165, 1.54) is 11.1 Å². The van der Waals surface area contributed by atoms with Crippen molar-refractivity contribution in [3.8, 4) is 11.5 Å². The lowest BCUT2D eigenvalue weighted by Crippen LogP contribution is -2.16. The first-order valence-electron chi connectivity index (χ1n) is 9.17. The molecule has 1 amide bonds. The van der Waals surface area contributed by atoms with Crippen molar-refractivity contribution in [3.63, 3.8) is 0 Å². The zero-order chi connectivity index (χ0) is 20.8. The number of hydrogen-bond donors (Lipinski definition) is 2. The first-order chi connectivity index (χ1) is 14.0. The quantitative estimate of drug-likeness (QED) is 0.633. The van der Waals surface area contributed by atoms with E-state index in [0.29, 0.717) is 35.4 Å². The molecule has 1 aromatic heterocycles. The third kappa shape index (κ3) is 5.01. The summed E-state index contributed by atoms with van der Waals surface area (Å²) < 4.78 is 10.5. The van der Waals surface area contributed by atoms with Gasteiger partial charge in [0.2, 0.25) is 0 Å². The molecule has 3 rings (SSSR count). The van der Waals surface area contributed by atoms with Crippen LogP contribution in [0.15, 0.2) is 48.5 Å². The number of rotatable bonds is 7. The van der Waals surface area contributed by atoms with E-state index < -0.39 is 0 Å². The van der Waals surface area contributed by atoms with Crippen LogP contribution in [0.3, 0.4) is 0 Å². The molecule has 0 aliphatic carbocycles. The van der Waals surface area contributed by atoms with Crippen molar-refractivity contribution >= 4 is 17.4 Å². The van der Waals surface area contributed by atoms with Gasteiger partial charge in [-0.3, -0.25) is 4.79 Å². The van der Waals surface area contributed by atoms with Gasteiger partial charge in [-0.05, 0) is 37.1 Å². The van der Waals surface area contributed by atoms with Crippen LogP contribution in [0.4, 0.5) is 11.5 Å². The minimum Gasteiger partial charge on any atom is -0.493 e. The minimum atomic E-state index is -0.332. The molecule has 0 bridgehead atoms. The maximum absolute atomic E-state index is 12.7. The lowest BCUT2D eigenvalue weighted by atomic mass is 10.1. The Morgan fingerprint density at radius 2 is 1.72 bits per heavy atom. The zero-order valence-corrected chi connectivity index (χ0v) is 16.9. The fourth-order valence-corrected chi connectivity index (χ4v) is 2.88.